The summed E-state index contributed by atoms with van der Waals surface area (Å²) in [5.41, 5.74) is 2.29. The summed E-state index contributed by atoms with van der Waals surface area (Å²) in [6, 6.07) is 18.7. The molecule has 0 spiro atoms. The number of amides is 4. The highest BCUT2D eigenvalue weighted by molar-refractivity contribution is 6.39. The van der Waals surface area contributed by atoms with Gasteiger partial charge in [0.25, 0.3) is 11.8 Å². The fraction of sp³-hybridized carbons (Fsp3) is 0.115. The molecular formula is C26H21ClN2O5. The Morgan fingerprint density at radius 2 is 1.74 bits per heavy atom. The van der Waals surface area contributed by atoms with E-state index in [0.29, 0.717) is 39.9 Å². The van der Waals surface area contributed by atoms with Gasteiger partial charge in [0.15, 0.2) is 11.5 Å². The Kier molecular flexibility index (Phi) is 6.65. The second kappa shape index (κ2) is 9.80. The number of anilines is 1. The summed E-state index contributed by atoms with van der Waals surface area (Å²) in [7, 11) is 1.50. The molecule has 1 aliphatic rings. The van der Waals surface area contributed by atoms with Crippen LogP contribution in [0.3, 0.4) is 0 Å². The van der Waals surface area contributed by atoms with E-state index in [1.165, 1.54) is 19.3 Å². The zero-order chi connectivity index (χ0) is 24.2. The highest BCUT2D eigenvalue weighted by Gasteiger charge is 2.37. The number of urea groups is 1. The zero-order valence-electron chi connectivity index (χ0n) is 18.5. The number of methoxy groups -OCH3 is 1. The molecular weight excluding hydrogens is 456 g/mol. The number of carbonyl (C=O) groups is 3. The van der Waals surface area contributed by atoms with Gasteiger partial charge >= 0.3 is 6.03 Å². The molecule has 0 aromatic heterocycles. The topological polar surface area (TPSA) is 84.9 Å². The smallest absolute Gasteiger partial charge is 0.335 e. The van der Waals surface area contributed by atoms with Crippen molar-refractivity contribution in [1.82, 2.24) is 5.32 Å². The van der Waals surface area contributed by atoms with Crippen molar-refractivity contribution in [2.45, 2.75) is 13.5 Å². The molecule has 1 N–H and O–H groups in total. The lowest BCUT2D eigenvalue weighted by Gasteiger charge is -2.27. The number of rotatable bonds is 6. The molecule has 0 atom stereocenters. The largest absolute Gasteiger partial charge is 0.493 e. The lowest BCUT2D eigenvalue weighted by molar-refractivity contribution is -0.122. The van der Waals surface area contributed by atoms with Crippen molar-refractivity contribution in [3.8, 4) is 11.5 Å². The van der Waals surface area contributed by atoms with Gasteiger partial charge in [0.1, 0.15) is 12.2 Å². The number of hydrogen-bond acceptors (Lipinski definition) is 5. The van der Waals surface area contributed by atoms with Crippen LogP contribution in [0.1, 0.15) is 16.7 Å². The van der Waals surface area contributed by atoms with Gasteiger partial charge in [-0.2, -0.15) is 0 Å². The van der Waals surface area contributed by atoms with Gasteiger partial charge in [-0.05, 0) is 54.0 Å². The molecule has 1 saturated heterocycles. The SMILES string of the molecule is COc1cc(/C=C2\C(=O)NC(=O)N(c3cc(Cl)ccc3C)C2=O)ccc1OCc1ccccc1. The Morgan fingerprint density at radius 1 is 0.971 bits per heavy atom. The van der Waals surface area contributed by atoms with Crippen LogP contribution in [0.15, 0.2) is 72.3 Å². The summed E-state index contributed by atoms with van der Waals surface area (Å²) in [5.74, 6) is -0.580. The highest BCUT2D eigenvalue weighted by atomic mass is 35.5. The van der Waals surface area contributed by atoms with Crippen LogP contribution in [0.2, 0.25) is 5.02 Å². The minimum absolute atomic E-state index is 0.195. The molecule has 0 radical (unpaired) electrons. The first-order valence-corrected chi connectivity index (χ1v) is 10.8. The first-order valence-electron chi connectivity index (χ1n) is 10.4. The monoisotopic (exact) mass is 476 g/mol. The van der Waals surface area contributed by atoms with Crippen LogP contribution in [0.4, 0.5) is 10.5 Å². The van der Waals surface area contributed by atoms with E-state index in [1.54, 1.807) is 37.3 Å². The van der Waals surface area contributed by atoms with Gasteiger partial charge in [0, 0.05) is 5.02 Å². The normalized spacial score (nSPS) is 14.9. The van der Waals surface area contributed by atoms with Crippen molar-refractivity contribution in [2.75, 3.05) is 12.0 Å². The van der Waals surface area contributed by atoms with Crippen LogP contribution in [-0.4, -0.2) is 25.0 Å². The quantitative estimate of drug-likeness (QED) is 0.404. The van der Waals surface area contributed by atoms with Crippen LogP contribution < -0.4 is 19.7 Å². The summed E-state index contributed by atoms with van der Waals surface area (Å²) in [6.45, 7) is 2.10. The molecule has 172 valence electrons. The van der Waals surface area contributed by atoms with Gasteiger partial charge in [-0.3, -0.25) is 14.9 Å². The van der Waals surface area contributed by atoms with E-state index in [2.05, 4.69) is 5.32 Å². The Balaban J connectivity index is 1.63. The summed E-state index contributed by atoms with van der Waals surface area (Å²) in [6.07, 6.45) is 1.40. The molecule has 8 heteroatoms. The summed E-state index contributed by atoms with van der Waals surface area (Å²) in [5, 5.41) is 2.57. The average Bonchev–Trinajstić information content (AvgIpc) is 2.83. The van der Waals surface area contributed by atoms with Crippen LogP contribution in [0.5, 0.6) is 11.5 Å². The van der Waals surface area contributed by atoms with Crippen LogP contribution in [0.25, 0.3) is 6.08 Å². The zero-order valence-corrected chi connectivity index (χ0v) is 19.3. The first-order chi connectivity index (χ1) is 16.4. The minimum Gasteiger partial charge on any atom is -0.493 e. The van der Waals surface area contributed by atoms with Crippen molar-refractivity contribution in [2.24, 2.45) is 0 Å². The molecule has 0 aliphatic carbocycles. The minimum atomic E-state index is -0.834. The number of benzene rings is 3. The second-order valence-corrected chi connectivity index (χ2v) is 8.01. The number of imide groups is 2. The third kappa shape index (κ3) is 4.79. The number of nitrogens with zero attached hydrogens (tertiary/aromatic N) is 1. The summed E-state index contributed by atoms with van der Waals surface area (Å²) < 4.78 is 11.3. The molecule has 1 fully saturated rings. The van der Waals surface area contributed by atoms with E-state index in [0.717, 1.165) is 10.5 Å². The van der Waals surface area contributed by atoms with Crippen molar-refractivity contribution < 1.29 is 23.9 Å². The Labute approximate surface area is 201 Å². The van der Waals surface area contributed by atoms with Crippen LogP contribution in [-0.2, 0) is 16.2 Å². The van der Waals surface area contributed by atoms with Gasteiger partial charge in [0.2, 0.25) is 0 Å². The third-order valence-electron chi connectivity index (χ3n) is 5.25. The number of halogens is 1. The van der Waals surface area contributed by atoms with E-state index in [9.17, 15) is 14.4 Å². The van der Waals surface area contributed by atoms with Gasteiger partial charge in [-0.25, -0.2) is 9.69 Å². The molecule has 4 rings (SSSR count). The highest BCUT2D eigenvalue weighted by Crippen LogP contribution is 2.31. The fourth-order valence-electron chi connectivity index (χ4n) is 3.49. The maximum Gasteiger partial charge on any atom is 0.335 e. The number of carbonyl (C=O) groups excluding carboxylic acids is 3. The summed E-state index contributed by atoms with van der Waals surface area (Å²) >= 11 is 6.06. The summed E-state index contributed by atoms with van der Waals surface area (Å²) in [4.78, 5) is 39.1. The lowest BCUT2D eigenvalue weighted by Crippen LogP contribution is -2.54. The molecule has 0 saturated carbocycles. The second-order valence-electron chi connectivity index (χ2n) is 7.57. The Hall–Kier alpha value is -4.10. The number of ether oxygens (including phenoxy) is 2. The van der Waals surface area contributed by atoms with Gasteiger partial charge in [-0.15, -0.1) is 0 Å². The number of nitrogens with one attached hydrogen (secondary N) is 1. The Morgan fingerprint density at radius 3 is 2.47 bits per heavy atom. The number of hydrogen-bond donors (Lipinski definition) is 1. The van der Waals surface area contributed by atoms with Gasteiger partial charge < -0.3 is 9.47 Å². The third-order valence-corrected chi connectivity index (χ3v) is 5.48. The molecule has 3 aromatic carbocycles. The van der Waals surface area contributed by atoms with Crippen LogP contribution >= 0.6 is 11.6 Å². The standard InChI is InChI=1S/C26H21ClN2O5/c1-16-8-10-19(27)14-21(16)29-25(31)20(24(30)28-26(29)32)12-18-9-11-22(23(13-18)33-2)34-15-17-6-4-3-5-7-17/h3-14H,15H2,1-2H3,(H,28,30,32)/b20-12+. The molecule has 1 heterocycles. The van der Waals surface area contributed by atoms with E-state index < -0.39 is 17.8 Å². The van der Waals surface area contributed by atoms with E-state index in [-0.39, 0.29) is 5.57 Å². The van der Waals surface area contributed by atoms with Gasteiger partial charge in [-0.1, -0.05) is 54.1 Å². The van der Waals surface area contributed by atoms with E-state index >= 15 is 0 Å². The lowest BCUT2D eigenvalue weighted by atomic mass is 10.1. The molecule has 4 amide bonds. The maximum atomic E-state index is 13.2. The van der Waals surface area contributed by atoms with E-state index in [4.69, 9.17) is 21.1 Å². The number of aryl methyl sites for hydroxylation is 1. The number of barbiturate groups is 1. The Bertz CT molecular complexity index is 1300. The van der Waals surface area contributed by atoms with Crippen molar-refractivity contribution >= 4 is 41.2 Å². The van der Waals surface area contributed by atoms with Crippen molar-refractivity contribution in [3.63, 3.8) is 0 Å². The van der Waals surface area contributed by atoms with Gasteiger partial charge in [0.05, 0.1) is 12.8 Å². The molecule has 0 bridgehead atoms. The first kappa shape index (κ1) is 23.1. The van der Waals surface area contributed by atoms with Crippen molar-refractivity contribution in [1.29, 1.82) is 0 Å². The predicted molar refractivity (Wildman–Crippen MR) is 129 cm³/mol. The van der Waals surface area contributed by atoms with E-state index in [1.807, 2.05) is 30.3 Å². The molecule has 0 unspecified atom stereocenters. The van der Waals surface area contributed by atoms with Crippen molar-refractivity contribution in [3.05, 3.63) is 94.0 Å². The molecule has 7 nitrogen and oxygen atoms in total. The molecule has 34 heavy (non-hydrogen) atoms. The molecule has 3 aromatic rings. The van der Waals surface area contributed by atoms with Crippen LogP contribution in [0, 0.1) is 6.92 Å². The maximum absolute atomic E-state index is 13.2. The average molecular weight is 477 g/mol. The predicted octanol–water partition coefficient (Wildman–Crippen LogP) is 4.90. The fourth-order valence-corrected chi connectivity index (χ4v) is 3.66. The molecule has 1 aliphatic heterocycles.